The molecule has 0 radical (unpaired) electrons. The maximum atomic E-state index is 14.1. The third kappa shape index (κ3) is 12.4. The number of aliphatic hydroxyl groups excluding tert-OH is 2. The van der Waals surface area contributed by atoms with Gasteiger partial charge < -0.3 is 48.1 Å². The maximum absolute atomic E-state index is 14.1. The van der Waals surface area contributed by atoms with Crippen molar-refractivity contribution < 1.29 is 62.5 Å². The molecule has 2 aliphatic heterocycles. The molecule has 10 atom stereocenters. The Labute approximate surface area is 392 Å². The summed E-state index contributed by atoms with van der Waals surface area (Å²) in [6.07, 6.45) is -11.6. The Morgan fingerprint density at radius 3 is 1.36 bits per heavy atom. The van der Waals surface area contributed by atoms with Crippen LogP contribution in [0.4, 0.5) is 0 Å². The van der Waals surface area contributed by atoms with Crippen LogP contribution in [0.1, 0.15) is 42.2 Å². The van der Waals surface area contributed by atoms with Gasteiger partial charge in [-0.15, -0.1) is 0 Å². The van der Waals surface area contributed by atoms with Gasteiger partial charge in [0.15, 0.2) is 24.6 Å². The fourth-order valence-corrected chi connectivity index (χ4v) is 8.86. The Bertz CT molecular complexity index is 2450. The van der Waals surface area contributed by atoms with Crippen LogP contribution < -0.4 is 0 Å². The van der Waals surface area contributed by atoms with Crippen LogP contribution in [-0.4, -0.2) is 102 Å². The van der Waals surface area contributed by atoms with Crippen molar-refractivity contribution >= 4 is 29.7 Å². The highest BCUT2D eigenvalue weighted by molar-refractivity contribution is 7.99. The van der Waals surface area contributed by atoms with Crippen LogP contribution in [-0.2, 0) is 51.1 Å². The van der Waals surface area contributed by atoms with Crippen LogP contribution in [0.3, 0.4) is 0 Å². The number of ether oxygens (including phenoxy) is 8. The van der Waals surface area contributed by atoms with Crippen LogP contribution in [0.15, 0.2) is 187 Å². The molecular formula is C53H50O13S. The van der Waals surface area contributed by atoms with Gasteiger partial charge in [0, 0.05) is 4.90 Å². The van der Waals surface area contributed by atoms with Crippen molar-refractivity contribution in [2.75, 3.05) is 13.2 Å². The molecule has 67 heavy (non-hydrogen) atoms. The van der Waals surface area contributed by atoms with Gasteiger partial charge in [0.25, 0.3) is 0 Å². The minimum absolute atomic E-state index is 0.0951. The minimum Gasteiger partial charge on any atom is -0.452 e. The molecule has 0 saturated carbocycles. The van der Waals surface area contributed by atoms with Gasteiger partial charge in [0.2, 0.25) is 0 Å². The van der Waals surface area contributed by atoms with Crippen LogP contribution in [0.25, 0.3) is 0 Å². The Morgan fingerprint density at radius 1 is 0.463 bits per heavy atom. The molecule has 0 unspecified atom stereocenters. The van der Waals surface area contributed by atoms with E-state index in [-0.39, 0.29) is 29.9 Å². The summed E-state index contributed by atoms with van der Waals surface area (Å²) in [7, 11) is 0. The fourth-order valence-electron chi connectivity index (χ4n) is 7.73. The second-order valence-electron chi connectivity index (χ2n) is 15.8. The van der Waals surface area contributed by atoms with Gasteiger partial charge in [0.05, 0.1) is 43.1 Å². The van der Waals surface area contributed by atoms with Gasteiger partial charge in [-0.3, -0.25) is 0 Å². The predicted molar refractivity (Wildman–Crippen MR) is 246 cm³/mol. The number of carbonyl (C=O) groups is 3. The molecule has 8 rings (SSSR count). The van der Waals surface area contributed by atoms with E-state index in [1.165, 1.54) is 11.8 Å². The topological polar surface area (TPSA) is 166 Å². The van der Waals surface area contributed by atoms with Crippen molar-refractivity contribution in [1.29, 1.82) is 0 Å². The van der Waals surface area contributed by atoms with E-state index in [1.807, 2.05) is 91.0 Å². The molecule has 0 spiro atoms. The second kappa shape index (κ2) is 23.5. The SMILES string of the molecule is O=C(O[C@@H]1[C@H](OC(=O)c2ccccc2)[C@@H](Sc2ccccc2)O[C@H](CO[C@H]2O[C@H](CO)[C@@H](OCc3ccccc3)[C@H](OCc3ccccc3)[C@@H]2O)[C@H]1OC(=O)c1ccccc1)c1ccccc1. The zero-order chi connectivity index (χ0) is 46.4. The first-order valence-electron chi connectivity index (χ1n) is 21.9. The largest absolute Gasteiger partial charge is 0.452 e. The molecule has 2 fully saturated rings. The molecule has 2 saturated heterocycles. The first-order chi connectivity index (χ1) is 32.8. The molecular weight excluding hydrogens is 877 g/mol. The van der Waals surface area contributed by atoms with Crippen molar-refractivity contribution in [1.82, 2.24) is 0 Å². The Kier molecular flexibility index (Phi) is 16.6. The molecule has 14 heteroatoms. The summed E-state index contributed by atoms with van der Waals surface area (Å²) in [5.74, 6) is -2.31. The zero-order valence-corrected chi connectivity index (χ0v) is 37.0. The number of aliphatic hydroxyl groups is 2. The van der Waals surface area contributed by atoms with Crippen molar-refractivity contribution in [2.24, 2.45) is 0 Å². The molecule has 13 nitrogen and oxygen atoms in total. The number of rotatable bonds is 18. The van der Waals surface area contributed by atoms with E-state index < -0.39 is 91.7 Å². The van der Waals surface area contributed by atoms with Gasteiger partial charge >= 0.3 is 17.9 Å². The molecule has 2 N–H and O–H groups in total. The third-order valence-corrected chi connectivity index (χ3v) is 12.3. The Hall–Kier alpha value is -6.20. The number of hydrogen-bond donors (Lipinski definition) is 2. The number of hydrogen-bond acceptors (Lipinski definition) is 14. The smallest absolute Gasteiger partial charge is 0.338 e. The van der Waals surface area contributed by atoms with Gasteiger partial charge in [-0.1, -0.05) is 145 Å². The summed E-state index contributed by atoms with van der Waals surface area (Å²) in [6.45, 7) is -0.717. The molecule has 346 valence electrons. The van der Waals surface area contributed by atoms with Crippen molar-refractivity contribution in [3.63, 3.8) is 0 Å². The number of benzene rings is 6. The molecule has 0 bridgehead atoms. The summed E-state index contributed by atoms with van der Waals surface area (Å²) < 4.78 is 50.9. The van der Waals surface area contributed by atoms with Crippen LogP contribution in [0.2, 0.25) is 0 Å². The lowest BCUT2D eigenvalue weighted by molar-refractivity contribution is -0.324. The summed E-state index contributed by atoms with van der Waals surface area (Å²) in [5.41, 5.74) is 1.20. The van der Waals surface area contributed by atoms with Gasteiger partial charge in [0.1, 0.15) is 36.0 Å². The van der Waals surface area contributed by atoms with Gasteiger partial charge in [-0.2, -0.15) is 0 Å². The lowest BCUT2D eigenvalue weighted by Crippen LogP contribution is -2.63. The molecule has 0 aromatic heterocycles. The monoisotopic (exact) mass is 926 g/mol. The van der Waals surface area contributed by atoms with E-state index >= 15 is 0 Å². The van der Waals surface area contributed by atoms with Gasteiger partial charge in [-0.05, 0) is 59.7 Å². The lowest BCUT2D eigenvalue weighted by atomic mass is 9.97. The summed E-state index contributed by atoms with van der Waals surface area (Å²) in [6, 6.07) is 52.8. The Balaban J connectivity index is 1.13. The minimum atomic E-state index is -1.49. The highest BCUT2D eigenvalue weighted by Gasteiger charge is 2.54. The molecule has 2 heterocycles. The zero-order valence-electron chi connectivity index (χ0n) is 36.2. The first-order valence-corrected chi connectivity index (χ1v) is 22.7. The van der Waals surface area contributed by atoms with E-state index in [1.54, 1.807) is 91.0 Å². The fraction of sp³-hybridized carbons (Fsp3) is 0.264. The molecule has 0 amide bonds. The molecule has 2 aliphatic rings. The standard InChI is InChI=1S/C53H50O13S/c54-31-41-44(59-32-35-19-7-1-8-20-35)46(60-33-36-21-9-2-10-22-36)43(55)52(62-41)61-34-42-45(64-49(56)37-23-11-3-12-24-37)47(65-50(57)38-25-13-4-14-26-38)48(66-51(58)39-27-15-5-16-28-39)53(63-42)67-40-29-17-6-18-30-40/h1-30,41-48,52-55H,31-34H2/t41-,42-,43+,44-,45-,46-,47+,48+,52+,53-/m1/s1. The first kappa shape index (κ1) is 47.3. The summed E-state index contributed by atoms with van der Waals surface area (Å²) in [4.78, 5) is 42.8. The van der Waals surface area contributed by atoms with E-state index in [0.29, 0.717) is 0 Å². The van der Waals surface area contributed by atoms with Crippen LogP contribution >= 0.6 is 11.8 Å². The van der Waals surface area contributed by atoms with Crippen molar-refractivity contribution in [2.45, 2.75) is 78.7 Å². The molecule has 6 aromatic rings. The van der Waals surface area contributed by atoms with E-state index in [9.17, 15) is 24.6 Å². The van der Waals surface area contributed by atoms with Crippen LogP contribution in [0.5, 0.6) is 0 Å². The number of carbonyl (C=O) groups excluding carboxylic acids is 3. The summed E-state index contributed by atoms with van der Waals surface area (Å²) >= 11 is 1.20. The maximum Gasteiger partial charge on any atom is 0.338 e. The van der Waals surface area contributed by atoms with Crippen molar-refractivity contribution in [3.8, 4) is 0 Å². The average Bonchev–Trinajstić information content (AvgIpc) is 3.38. The number of esters is 3. The highest BCUT2D eigenvalue weighted by atomic mass is 32.2. The molecule has 0 aliphatic carbocycles. The molecule has 6 aromatic carbocycles. The predicted octanol–water partition coefficient (Wildman–Crippen LogP) is 7.45. The normalized spacial score (nSPS) is 24.8. The highest BCUT2D eigenvalue weighted by Crippen LogP contribution is 2.39. The second-order valence-corrected chi connectivity index (χ2v) is 16.9. The average molecular weight is 927 g/mol. The number of thioether (sulfide) groups is 1. The van der Waals surface area contributed by atoms with E-state index in [0.717, 1.165) is 16.0 Å². The summed E-state index contributed by atoms with van der Waals surface area (Å²) in [5, 5.41) is 22.8. The van der Waals surface area contributed by atoms with E-state index in [4.69, 9.17) is 37.9 Å². The lowest BCUT2D eigenvalue weighted by Gasteiger charge is -2.46. The Morgan fingerprint density at radius 2 is 0.881 bits per heavy atom. The van der Waals surface area contributed by atoms with Gasteiger partial charge in [-0.25, -0.2) is 14.4 Å². The van der Waals surface area contributed by atoms with Crippen molar-refractivity contribution in [3.05, 3.63) is 210 Å². The quantitative estimate of drug-likeness (QED) is 0.0645. The van der Waals surface area contributed by atoms with Crippen LogP contribution in [0, 0.1) is 0 Å². The van der Waals surface area contributed by atoms with E-state index in [2.05, 4.69) is 0 Å². The third-order valence-electron chi connectivity index (χ3n) is 11.1.